The molecular formula is C21H23F3N2O5. The van der Waals surface area contributed by atoms with Crippen LogP contribution in [-0.2, 0) is 16.0 Å². The molecule has 0 aromatic carbocycles. The molecule has 1 aliphatic heterocycles. The molecule has 3 heterocycles. The number of alkyl halides is 3. The number of amides is 1. The van der Waals surface area contributed by atoms with E-state index in [0.29, 0.717) is 12.3 Å². The number of hydrogen-bond donors (Lipinski definition) is 1. The number of rotatable bonds is 6. The molecule has 4 rings (SSSR count). The van der Waals surface area contributed by atoms with Crippen LogP contribution in [0.4, 0.5) is 13.2 Å². The number of pyridine rings is 1. The van der Waals surface area contributed by atoms with E-state index in [1.807, 2.05) is 17.2 Å². The molecule has 0 unspecified atom stereocenters. The summed E-state index contributed by atoms with van der Waals surface area (Å²) >= 11 is 0. The van der Waals surface area contributed by atoms with E-state index in [-0.39, 0.29) is 18.1 Å². The molecule has 1 N–H and O–H groups in total. The van der Waals surface area contributed by atoms with E-state index >= 15 is 0 Å². The van der Waals surface area contributed by atoms with Crippen molar-refractivity contribution in [2.24, 2.45) is 5.92 Å². The molecule has 2 aromatic heterocycles. The van der Waals surface area contributed by atoms with Gasteiger partial charge in [-0.05, 0) is 55.4 Å². The average Bonchev–Trinajstić information content (AvgIpc) is 3.23. The van der Waals surface area contributed by atoms with Crippen LogP contribution < -0.4 is 0 Å². The van der Waals surface area contributed by atoms with Crippen LogP contribution in [-0.4, -0.2) is 58.3 Å². The molecule has 2 aliphatic rings. The minimum Gasteiger partial charge on any atom is -0.475 e. The monoisotopic (exact) mass is 440 g/mol. The molecular weight excluding hydrogens is 417 g/mol. The topological polar surface area (TPSA) is 92.9 Å². The predicted molar refractivity (Wildman–Crippen MR) is 102 cm³/mol. The third-order valence-electron chi connectivity index (χ3n) is 5.13. The lowest BCUT2D eigenvalue weighted by Gasteiger charge is -2.28. The van der Waals surface area contributed by atoms with Crippen LogP contribution in [0.5, 0.6) is 0 Å². The summed E-state index contributed by atoms with van der Waals surface area (Å²) in [6, 6.07) is 7.50. The SMILES string of the molecule is O=C(O)C(F)(F)F.O=C(c1ccco1)N1CC[C@H](OCC2CC2)[C@@H]1Cc1cccnc1. The summed E-state index contributed by atoms with van der Waals surface area (Å²) in [5.41, 5.74) is 1.13. The summed E-state index contributed by atoms with van der Waals surface area (Å²) in [5.74, 6) is -1.69. The largest absolute Gasteiger partial charge is 0.490 e. The Bertz CT molecular complexity index is 854. The molecule has 0 spiro atoms. The molecule has 2 atom stereocenters. The van der Waals surface area contributed by atoms with Gasteiger partial charge in [-0.3, -0.25) is 9.78 Å². The first kappa shape index (κ1) is 22.8. The second-order valence-electron chi connectivity index (χ2n) is 7.52. The molecule has 10 heteroatoms. The predicted octanol–water partition coefficient (Wildman–Crippen LogP) is 3.56. The van der Waals surface area contributed by atoms with Crippen molar-refractivity contribution < 1.29 is 37.0 Å². The lowest BCUT2D eigenvalue weighted by Crippen LogP contribution is -2.42. The Morgan fingerprint density at radius 2 is 1.97 bits per heavy atom. The third kappa shape index (κ3) is 6.55. The van der Waals surface area contributed by atoms with E-state index in [0.717, 1.165) is 30.9 Å². The lowest BCUT2D eigenvalue weighted by atomic mass is 10.0. The van der Waals surface area contributed by atoms with Crippen molar-refractivity contribution in [2.75, 3.05) is 13.2 Å². The highest BCUT2D eigenvalue weighted by Gasteiger charge is 2.40. The Labute approximate surface area is 176 Å². The first-order valence-electron chi connectivity index (χ1n) is 9.90. The van der Waals surface area contributed by atoms with Gasteiger partial charge in [0.15, 0.2) is 5.76 Å². The van der Waals surface area contributed by atoms with Gasteiger partial charge in [0.05, 0.1) is 18.4 Å². The van der Waals surface area contributed by atoms with Crippen LogP contribution in [0.15, 0.2) is 47.3 Å². The molecule has 1 saturated heterocycles. The molecule has 0 radical (unpaired) electrons. The number of nitrogens with zero attached hydrogens (tertiary/aromatic N) is 2. The van der Waals surface area contributed by atoms with Gasteiger partial charge in [-0.1, -0.05) is 6.07 Å². The van der Waals surface area contributed by atoms with E-state index in [2.05, 4.69) is 11.1 Å². The Kier molecular flexibility index (Phi) is 7.32. The number of carbonyl (C=O) groups is 2. The van der Waals surface area contributed by atoms with Crippen molar-refractivity contribution in [3.63, 3.8) is 0 Å². The maximum atomic E-state index is 12.8. The minimum atomic E-state index is -5.08. The first-order chi connectivity index (χ1) is 14.8. The van der Waals surface area contributed by atoms with Crippen molar-refractivity contribution in [1.29, 1.82) is 0 Å². The van der Waals surface area contributed by atoms with Crippen molar-refractivity contribution in [3.05, 3.63) is 54.2 Å². The number of hydrogen-bond acceptors (Lipinski definition) is 5. The number of furan rings is 1. The standard InChI is InChI=1S/C19H22N2O3.C2HF3O2/c22-19(18-4-2-10-23-18)21-9-7-17(24-13-14-5-6-14)16(21)11-15-3-1-8-20-12-15;3-2(4,5)1(6)7/h1-4,8,10,12,14,16-17H,5-7,9,11,13H2;(H,6,7)/t16-,17-;/m0./s1. The van der Waals surface area contributed by atoms with Gasteiger partial charge in [0, 0.05) is 25.5 Å². The summed E-state index contributed by atoms with van der Waals surface area (Å²) in [6.07, 6.45) is 4.37. The normalized spacial score (nSPS) is 20.8. The summed E-state index contributed by atoms with van der Waals surface area (Å²) in [6.45, 7) is 1.52. The molecule has 2 fully saturated rings. The second-order valence-corrected chi connectivity index (χ2v) is 7.52. The van der Waals surface area contributed by atoms with Crippen LogP contribution >= 0.6 is 0 Å². The van der Waals surface area contributed by atoms with Crippen molar-refractivity contribution >= 4 is 11.9 Å². The van der Waals surface area contributed by atoms with Crippen molar-refractivity contribution in [2.45, 2.75) is 44.0 Å². The zero-order valence-electron chi connectivity index (χ0n) is 16.6. The fraction of sp³-hybridized carbons (Fsp3) is 0.476. The van der Waals surface area contributed by atoms with E-state index in [1.54, 1.807) is 24.6 Å². The van der Waals surface area contributed by atoms with Gasteiger partial charge in [0.1, 0.15) is 0 Å². The number of likely N-dealkylation sites (tertiary alicyclic amines) is 1. The summed E-state index contributed by atoms with van der Waals surface area (Å²) in [7, 11) is 0. The number of carboxylic acid groups (broad SMARTS) is 1. The lowest BCUT2D eigenvalue weighted by molar-refractivity contribution is -0.192. The third-order valence-corrected chi connectivity index (χ3v) is 5.13. The van der Waals surface area contributed by atoms with Crippen LogP contribution in [0.3, 0.4) is 0 Å². The van der Waals surface area contributed by atoms with Crippen molar-refractivity contribution in [3.8, 4) is 0 Å². The number of aromatic nitrogens is 1. The van der Waals surface area contributed by atoms with E-state index in [4.69, 9.17) is 19.1 Å². The second kappa shape index (κ2) is 9.95. The number of carbonyl (C=O) groups excluding carboxylic acids is 1. The van der Waals surface area contributed by atoms with Crippen LogP contribution in [0, 0.1) is 5.92 Å². The number of aliphatic carboxylic acids is 1. The molecule has 1 aliphatic carbocycles. The van der Waals surface area contributed by atoms with Crippen LogP contribution in [0.1, 0.15) is 35.4 Å². The van der Waals surface area contributed by atoms with E-state index in [1.165, 1.54) is 12.8 Å². The Hall–Kier alpha value is -2.88. The molecule has 1 saturated carbocycles. The van der Waals surface area contributed by atoms with Crippen molar-refractivity contribution in [1.82, 2.24) is 9.88 Å². The van der Waals surface area contributed by atoms with Gasteiger partial charge < -0.3 is 19.2 Å². The van der Waals surface area contributed by atoms with Gasteiger partial charge in [0.25, 0.3) is 5.91 Å². The number of ether oxygens (including phenoxy) is 1. The smallest absolute Gasteiger partial charge is 0.475 e. The number of carboxylic acids is 1. The quantitative estimate of drug-likeness (QED) is 0.739. The Morgan fingerprint density at radius 1 is 1.23 bits per heavy atom. The fourth-order valence-electron chi connectivity index (χ4n) is 3.36. The molecule has 0 bridgehead atoms. The van der Waals surface area contributed by atoms with Gasteiger partial charge in [-0.25, -0.2) is 4.79 Å². The highest BCUT2D eigenvalue weighted by atomic mass is 19.4. The maximum absolute atomic E-state index is 12.8. The molecule has 2 aromatic rings. The van der Waals surface area contributed by atoms with Gasteiger partial charge >= 0.3 is 12.1 Å². The zero-order chi connectivity index (χ0) is 22.4. The summed E-state index contributed by atoms with van der Waals surface area (Å²) in [4.78, 5) is 27.8. The van der Waals surface area contributed by atoms with Gasteiger partial charge in [-0.15, -0.1) is 0 Å². The molecule has 168 valence electrons. The highest BCUT2D eigenvalue weighted by Crippen LogP contribution is 2.32. The summed E-state index contributed by atoms with van der Waals surface area (Å²) in [5, 5.41) is 7.12. The van der Waals surface area contributed by atoms with E-state index in [9.17, 15) is 18.0 Å². The van der Waals surface area contributed by atoms with Gasteiger partial charge in [0.2, 0.25) is 0 Å². The zero-order valence-corrected chi connectivity index (χ0v) is 16.6. The van der Waals surface area contributed by atoms with E-state index < -0.39 is 12.1 Å². The highest BCUT2D eigenvalue weighted by molar-refractivity contribution is 5.92. The Balaban J connectivity index is 0.000000339. The minimum absolute atomic E-state index is 0.0329. The fourth-order valence-corrected chi connectivity index (χ4v) is 3.36. The maximum Gasteiger partial charge on any atom is 0.490 e. The first-order valence-corrected chi connectivity index (χ1v) is 9.90. The van der Waals surface area contributed by atoms with Crippen LogP contribution in [0.25, 0.3) is 0 Å². The molecule has 31 heavy (non-hydrogen) atoms. The molecule has 7 nitrogen and oxygen atoms in total. The molecule has 1 amide bonds. The average molecular weight is 440 g/mol. The summed E-state index contributed by atoms with van der Waals surface area (Å²) < 4.78 is 43.2. The number of halogens is 3. The van der Waals surface area contributed by atoms with Gasteiger partial charge in [-0.2, -0.15) is 13.2 Å². The Morgan fingerprint density at radius 3 is 2.52 bits per heavy atom. The van der Waals surface area contributed by atoms with Crippen LogP contribution in [0.2, 0.25) is 0 Å².